The largest absolute Gasteiger partial charge is 0.504 e. The Hall–Kier alpha value is -3.13. The Morgan fingerprint density at radius 2 is 1.88 bits per heavy atom. The number of hydrogen-bond donors (Lipinski definition) is 2. The lowest BCUT2D eigenvalue weighted by Gasteiger charge is -2.10. The van der Waals surface area contributed by atoms with Crippen LogP contribution in [-0.4, -0.2) is 27.9 Å². The number of aromatic nitrogens is 3. The van der Waals surface area contributed by atoms with Crippen molar-refractivity contribution in [1.82, 2.24) is 14.4 Å². The molecule has 0 aliphatic rings. The predicted molar refractivity (Wildman–Crippen MR) is 94.8 cm³/mol. The Balaban J connectivity index is 1.80. The second-order valence-corrected chi connectivity index (χ2v) is 7.32. The Morgan fingerprint density at radius 3 is 2.68 bits per heavy atom. The molecule has 0 saturated heterocycles. The predicted octanol–water partition coefficient (Wildman–Crippen LogP) is 2.53. The standard InChI is InChI=1S/C17H14N4O3S/c22-15-10-19-17(20-25(23,24)11-12-5-2-1-3-6-12)21-14(15)9-13-7-4-8-18-16(13)21/h1-10,22H,11H2,(H,19,20). The summed E-state index contributed by atoms with van der Waals surface area (Å²) < 4.78 is 29.0. The molecule has 8 heteroatoms. The molecule has 0 spiro atoms. The molecule has 7 nitrogen and oxygen atoms in total. The van der Waals surface area contributed by atoms with Gasteiger partial charge < -0.3 is 5.11 Å². The second-order valence-electron chi connectivity index (χ2n) is 5.60. The molecule has 3 heterocycles. The maximum Gasteiger partial charge on any atom is 0.239 e. The highest BCUT2D eigenvalue weighted by atomic mass is 32.2. The van der Waals surface area contributed by atoms with Gasteiger partial charge in [-0.2, -0.15) is 0 Å². The van der Waals surface area contributed by atoms with E-state index in [1.807, 2.05) is 12.1 Å². The summed E-state index contributed by atoms with van der Waals surface area (Å²) in [5.74, 6) is -0.147. The number of aromatic hydroxyl groups is 1. The first kappa shape index (κ1) is 15.4. The molecule has 0 atom stereocenters. The van der Waals surface area contributed by atoms with Crippen molar-refractivity contribution in [2.24, 2.45) is 0 Å². The average molecular weight is 354 g/mol. The van der Waals surface area contributed by atoms with Gasteiger partial charge in [0.2, 0.25) is 16.0 Å². The summed E-state index contributed by atoms with van der Waals surface area (Å²) in [6, 6.07) is 14.2. The van der Waals surface area contributed by atoms with Gasteiger partial charge in [-0.1, -0.05) is 30.3 Å². The van der Waals surface area contributed by atoms with E-state index in [1.54, 1.807) is 42.6 Å². The zero-order valence-electron chi connectivity index (χ0n) is 13.0. The van der Waals surface area contributed by atoms with Crippen molar-refractivity contribution < 1.29 is 13.5 Å². The molecule has 126 valence electrons. The van der Waals surface area contributed by atoms with Gasteiger partial charge in [0.05, 0.1) is 17.5 Å². The lowest BCUT2D eigenvalue weighted by atomic mass is 10.2. The molecule has 0 unspecified atom stereocenters. The number of anilines is 1. The van der Waals surface area contributed by atoms with Crippen LogP contribution in [0.25, 0.3) is 16.6 Å². The van der Waals surface area contributed by atoms with E-state index in [4.69, 9.17) is 0 Å². The fourth-order valence-corrected chi connectivity index (χ4v) is 3.85. The first-order chi connectivity index (χ1) is 12.0. The van der Waals surface area contributed by atoms with Crippen molar-refractivity contribution in [3.8, 4) is 5.75 Å². The summed E-state index contributed by atoms with van der Waals surface area (Å²) in [6.07, 6.45) is 2.82. The summed E-state index contributed by atoms with van der Waals surface area (Å²) >= 11 is 0. The fraction of sp³-hybridized carbons (Fsp3) is 0.0588. The summed E-state index contributed by atoms with van der Waals surface area (Å²) in [4.78, 5) is 8.30. The zero-order valence-corrected chi connectivity index (χ0v) is 13.8. The van der Waals surface area contributed by atoms with Gasteiger partial charge in [-0.15, -0.1) is 0 Å². The first-order valence-electron chi connectivity index (χ1n) is 7.52. The van der Waals surface area contributed by atoms with Crippen LogP contribution in [0.3, 0.4) is 0 Å². The van der Waals surface area contributed by atoms with Crippen molar-refractivity contribution in [1.29, 1.82) is 0 Å². The molecule has 0 amide bonds. The molecular weight excluding hydrogens is 340 g/mol. The molecule has 4 rings (SSSR count). The number of nitrogens with zero attached hydrogens (tertiary/aromatic N) is 3. The molecule has 0 bridgehead atoms. The molecule has 3 aromatic heterocycles. The van der Waals surface area contributed by atoms with Gasteiger partial charge in [0.25, 0.3) is 0 Å². The van der Waals surface area contributed by atoms with Gasteiger partial charge in [0.1, 0.15) is 5.65 Å². The second kappa shape index (κ2) is 5.75. The number of hydrogen-bond acceptors (Lipinski definition) is 5. The number of pyridine rings is 1. The summed E-state index contributed by atoms with van der Waals surface area (Å²) in [5.41, 5.74) is 1.61. The zero-order chi connectivity index (χ0) is 17.4. The van der Waals surface area contributed by atoms with Gasteiger partial charge in [-0.05, 0) is 23.8 Å². The molecule has 0 aliphatic heterocycles. The van der Waals surface area contributed by atoms with Crippen molar-refractivity contribution in [3.05, 3.63) is 66.5 Å². The maximum atomic E-state index is 12.5. The number of fused-ring (bicyclic) bond motifs is 3. The normalized spacial score (nSPS) is 11.8. The monoisotopic (exact) mass is 354 g/mol. The van der Waals surface area contributed by atoms with Crippen LogP contribution in [-0.2, 0) is 15.8 Å². The van der Waals surface area contributed by atoms with Gasteiger partial charge in [-0.25, -0.2) is 18.4 Å². The van der Waals surface area contributed by atoms with E-state index in [0.29, 0.717) is 16.7 Å². The summed E-state index contributed by atoms with van der Waals surface area (Å²) in [7, 11) is -3.68. The van der Waals surface area contributed by atoms with E-state index in [2.05, 4.69) is 14.7 Å². The lowest BCUT2D eigenvalue weighted by Crippen LogP contribution is -2.18. The molecule has 0 radical (unpaired) electrons. The number of benzene rings is 1. The molecule has 4 aromatic rings. The fourth-order valence-electron chi connectivity index (χ4n) is 2.72. The average Bonchev–Trinajstić information content (AvgIpc) is 2.98. The minimum Gasteiger partial charge on any atom is -0.504 e. The topological polar surface area (TPSA) is 96.6 Å². The Labute approximate surface area is 143 Å². The van der Waals surface area contributed by atoms with Gasteiger partial charge in [-0.3, -0.25) is 9.12 Å². The van der Waals surface area contributed by atoms with Gasteiger partial charge in [0.15, 0.2) is 5.75 Å². The first-order valence-corrected chi connectivity index (χ1v) is 9.17. The van der Waals surface area contributed by atoms with E-state index in [-0.39, 0.29) is 17.5 Å². The Bertz CT molecular complexity index is 1170. The minimum absolute atomic E-state index is 0.0518. The van der Waals surface area contributed by atoms with Gasteiger partial charge in [0, 0.05) is 11.6 Å². The lowest BCUT2D eigenvalue weighted by molar-refractivity contribution is 0.476. The van der Waals surface area contributed by atoms with Crippen LogP contribution in [0.15, 0.2) is 60.9 Å². The molecule has 0 saturated carbocycles. The van der Waals surface area contributed by atoms with Gasteiger partial charge >= 0.3 is 0 Å². The maximum absolute atomic E-state index is 12.5. The number of rotatable bonds is 4. The van der Waals surface area contributed by atoms with Crippen LogP contribution in [0.1, 0.15) is 5.56 Å². The third kappa shape index (κ3) is 2.87. The molecule has 25 heavy (non-hydrogen) atoms. The SMILES string of the molecule is O=S(=O)(Cc1ccccc1)Nc1ncc(O)c2cc3cccnc3n12. The van der Waals surface area contributed by atoms with E-state index in [9.17, 15) is 13.5 Å². The highest BCUT2D eigenvalue weighted by Crippen LogP contribution is 2.28. The number of nitrogens with one attached hydrogen (secondary N) is 1. The van der Waals surface area contributed by atoms with Crippen molar-refractivity contribution in [3.63, 3.8) is 0 Å². The highest BCUT2D eigenvalue weighted by Gasteiger charge is 2.18. The smallest absolute Gasteiger partial charge is 0.239 e. The van der Waals surface area contributed by atoms with E-state index in [1.165, 1.54) is 10.6 Å². The Kier molecular flexibility index (Phi) is 3.54. The minimum atomic E-state index is -3.68. The van der Waals surface area contributed by atoms with Crippen LogP contribution in [0.5, 0.6) is 5.75 Å². The molecule has 0 fully saturated rings. The van der Waals surface area contributed by atoms with Crippen LogP contribution in [0.4, 0.5) is 5.95 Å². The quantitative estimate of drug-likeness (QED) is 0.587. The van der Waals surface area contributed by atoms with Crippen LogP contribution >= 0.6 is 0 Å². The summed E-state index contributed by atoms with van der Waals surface area (Å²) in [6.45, 7) is 0. The Morgan fingerprint density at radius 1 is 1.08 bits per heavy atom. The van der Waals surface area contributed by atoms with E-state index < -0.39 is 10.0 Å². The molecular formula is C17H14N4O3S. The third-order valence-corrected chi connectivity index (χ3v) is 5.00. The molecule has 0 aliphatic carbocycles. The van der Waals surface area contributed by atoms with Crippen LogP contribution < -0.4 is 4.72 Å². The van der Waals surface area contributed by atoms with E-state index >= 15 is 0 Å². The van der Waals surface area contributed by atoms with Crippen LogP contribution in [0, 0.1) is 0 Å². The van der Waals surface area contributed by atoms with Crippen molar-refractivity contribution in [2.75, 3.05) is 4.72 Å². The van der Waals surface area contributed by atoms with Crippen molar-refractivity contribution >= 4 is 32.5 Å². The third-order valence-electron chi connectivity index (χ3n) is 3.79. The molecule has 2 N–H and O–H groups in total. The number of sulfonamides is 1. The van der Waals surface area contributed by atoms with Crippen molar-refractivity contribution in [2.45, 2.75) is 5.75 Å². The summed E-state index contributed by atoms with van der Waals surface area (Å²) in [5, 5.41) is 10.8. The molecule has 1 aromatic carbocycles. The highest BCUT2D eigenvalue weighted by molar-refractivity contribution is 7.91. The van der Waals surface area contributed by atoms with Crippen LogP contribution in [0.2, 0.25) is 0 Å². The van der Waals surface area contributed by atoms with E-state index in [0.717, 1.165) is 5.39 Å².